The molecule has 1 nitrogen and oxygen atoms in total. The van der Waals surface area contributed by atoms with E-state index in [1.807, 2.05) is 30.3 Å². The van der Waals surface area contributed by atoms with Crippen molar-refractivity contribution in [3.8, 4) is 11.1 Å². The van der Waals surface area contributed by atoms with E-state index >= 15 is 0 Å². The normalized spacial score (nSPS) is 16.7. The maximum Gasteiger partial charge on any atom is 0.0712 e. The van der Waals surface area contributed by atoms with Gasteiger partial charge in [-0.3, -0.25) is 4.98 Å². The molecule has 1 aromatic heterocycles. The number of pyridine rings is 1. The Labute approximate surface area is 177 Å². The molecule has 1 atom stereocenters. The number of halogens is 3. The summed E-state index contributed by atoms with van der Waals surface area (Å²) in [6, 6.07) is 14.1. The summed E-state index contributed by atoms with van der Waals surface area (Å²) in [4.78, 5) is 4.99. The van der Waals surface area contributed by atoms with Crippen LogP contribution >= 0.6 is 35.6 Å². The van der Waals surface area contributed by atoms with Gasteiger partial charge in [0.1, 0.15) is 0 Å². The molecule has 1 aliphatic carbocycles. The van der Waals surface area contributed by atoms with Gasteiger partial charge in [0.25, 0.3) is 0 Å². The predicted molar refractivity (Wildman–Crippen MR) is 119 cm³/mol. The fraction of sp³-hybridized carbons (Fsp3) is 0.348. The van der Waals surface area contributed by atoms with E-state index < -0.39 is 0 Å². The first kappa shape index (κ1) is 20.5. The van der Waals surface area contributed by atoms with Crippen LogP contribution in [-0.4, -0.2) is 4.98 Å². The molecule has 1 heterocycles. The number of fused-ring (bicyclic) bond motifs is 2. The van der Waals surface area contributed by atoms with Crippen LogP contribution in [-0.2, 0) is 12.8 Å². The summed E-state index contributed by atoms with van der Waals surface area (Å²) < 4.78 is 0. The van der Waals surface area contributed by atoms with Crippen molar-refractivity contribution in [1.29, 1.82) is 0 Å². The maximum atomic E-state index is 6.61. The van der Waals surface area contributed by atoms with Crippen LogP contribution in [0.3, 0.4) is 0 Å². The Balaban J connectivity index is 0.00000210. The number of aryl methyl sites for hydroxylation is 1. The lowest BCUT2D eigenvalue weighted by atomic mass is 9.70. The Bertz CT molecular complexity index is 989. The summed E-state index contributed by atoms with van der Waals surface area (Å²) >= 11 is 13.0. The third kappa shape index (κ3) is 3.83. The Hall–Kier alpha value is -1.28. The van der Waals surface area contributed by atoms with E-state index in [-0.39, 0.29) is 17.8 Å². The minimum Gasteiger partial charge on any atom is -0.253 e. The summed E-state index contributed by atoms with van der Waals surface area (Å²) in [6.07, 6.45) is 3.24. The summed E-state index contributed by atoms with van der Waals surface area (Å²) in [5.74, 6) is 0.634. The Morgan fingerprint density at radius 2 is 1.78 bits per heavy atom. The second-order valence-electron chi connectivity index (χ2n) is 8.36. The van der Waals surface area contributed by atoms with E-state index in [1.165, 1.54) is 23.2 Å². The molecule has 0 saturated heterocycles. The van der Waals surface area contributed by atoms with Crippen molar-refractivity contribution in [1.82, 2.24) is 4.98 Å². The topological polar surface area (TPSA) is 12.9 Å². The number of hydrogen-bond acceptors (Lipinski definition) is 1. The van der Waals surface area contributed by atoms with Gasteiger partial charge in [0.2, 0.25) is 0 Å². The van der Waals surface area contributed by atoms with Gasteiger partial charge in [-0.15, -0.1) is 12.4 Å². The largest absolute Gasteiger partial charge is 0.253 e. The van der Waals surface area contributed by atoms with Crippen molar-refractivity contribution in [2.45, 2.75) is 40.0 Å². The van der Waals surface area contributed by atoms with E-state index in [0.29, 0.717) is 5.92 Å². The number of aromatic nitrogens is 1. The van der Waals surface area contributed by atoms with Gasteiger partial charge in [-0.1, -0.05) is 62.2 Å². The van der Waals surface area contributed by atoms with Gasteiger partial charge in [-0.25, -0.2) is 0 Å². The Morgan fingerprint density at radius 3 is 2.48 bits per heavy atom. The third-order valence-electron chi connectivity index (χ3n) is 5.68. The lowest BCUT2D eigenvalue weighted by molar-refractivity contribution is 0.215. The first-order valence-corrected chi connectivity index (χ1v) is 9.96. The van der Waals surface area contributed by atoms with Crippen LogP contribution in [0.15, 0.2) is 42.5 Å². The number of rotatable bonds is 1. The molecule has 1 aliphatic rings. The molecule has 0 bridgehead atoms. The summed E-state index contributed by atoms with van der Waals surface area (Å²) in [5, 5.41) is 2.61. The molecule has 0 aliphatic heterocycles. The van der Waals surface area contributed by atoms with Crippen molar-refractivity contribution in [3.63, 3.8) is 0 Å². The van der Waals surface area contributed by atoms with Gasteiger partial charge < -0.3 is 0 Å². The van der Waals surface area contributed by atoms with Gasteiger partial charge in [0.05, 0.1) is 5.52 Å². The molecule has 0 saturated carbocycles. The molecule has 3 aromatic rings. The van der Waals surface area contributed by atoms with Crippen molar-refractivity contribution in [3.05, 3.63) is 63.8 Å². The average Bonchev–Trinajstić information content (AvgIpc) is 2.59. The zero-order valence-electron chi connectivity index (χ0n) is 15.9. The summed E-state index contributed by atoms with van der Waals surface area (Å²) in [5.41, 5.74) is 6.13. The molecule has 0 N–H and O–H groups in total. The minimum absolute atomic E-state index is 0. The maximum absolute atomic E-state index is 6.61. The van der Waals surface area contributed by atoms with Crippen LogP contribution in [0.25, 0.3) is 22.0 Å². The van der Waals surface area contributed by atoms with Crippen molar-refractivity contribution in [2.75, 3.05) is 0 Å². The van der Waals surface area contributed by atoms with Crippen LogP contribution in [0, 0.1) is 11.3 Å². The molecule has 0 amide bonds. The van der Waals surface area contributed by atoms with Crippen LogP contribution in [0.2, 0.25) is 10.0 Å². The minimum atomic E-state index is 0. The quantitative estimate of drug-likeness (QED) is 0.391. The molecule has 0 radical (unpaired) electrons. The van der Waals surface area contributed by atoms with E-state index in [1.54, 1.807) is 0 Å². The van der Waals surface area contributed by atoms with Crippen LogP contribution in [0.5, 0.6) is 0 Å². The number of nitrogens with zero attached hydrogens (tertiary/aromatic N) is 1. The molecule has 0 fully saturated rings. The lowest BCUT2D eigenvalue weighted by Gasteiger charge is -2.36. The fourth-order valence-corrected chi connectivity index (χ4v) is 4.52. The molecule has 0 spiro atoms. The van der Waals surface area contributed by atoms with Crippen molar-refractivity contribution >= 4 is 46.5 Å². The van der Waals surface area contributed by atoms with Crippen LogP contribution in [0.1, 0.15) is 38.4 Å². The van der Waals surface area contributed by atoms with E-state index in [9.17, 15) is 0 Å². The van der Waals surface area contributed by atoms with Gasteiger partial charge >= 0.3 is 0 Å². The van der Waals surface area contributed by atoms with Gasteiger partial charge in [-0.05, 0) is 66.0 Å². The zero-order chi connectivity index (χ0) is 18.5. The molecule has 142 valence electrons. The van der Waals surface area contributed by atoms with Crippen LogP contribution in [0.4, 0.5) is 0 Å². The standard InChI is InChI=1S/C23H23Cl2N.ClH/c1-23(2,3)14-8-10-20-17(12-14)22(16-6-4-5-7-19(16)25)18-13-15(24)9-11-21(18)26-20;/h4-7,9,11,13-14H,8,10,12H2,1-3H3;1H. The third-order valence-corrected chi connectivity index (χ3v) is 6.25. The fourth-order valence-electron chi connectivity index (χ4n) is 4.12. The molecular formula is C23H24Cl3N. The van der Waals surface area contributed by atoms with Crippen LogP contribution < -0.4 is 0 Å². The molecule has 2 aromatic carbocycles. The van der Waals surface area contributed by atoms with Gasteiger partial charge in [0, 0.05) is 26.7 Å². The highest BCUT2D eigenvalue weighted by Gasteiger charge is 2.31. The lowest BCUT2D eigenvalue weighted by Crippen LogP contribution is -2.28. The van der Waals surface area contributed by atoms with Crippen molar-refractivity contribution in [2.24, 2.45) is 11.3 Å². The van der Waals surface area contributed by atoms with E-state index in [0.717, 1.165) is 39.4 Å². The van der Waals surface area contributed by atoms with Gasteiger partial charge in [-0.2, -0.15) is 0 Å². The smallest absolute Gasteiger partial charge is 0.0712 e. The molecule has 4 rings (SSSR count). The zero-order valence-corrected chi connectivity index (χ0v) is 18.2. The monoisotopic (exact) mass is 419 g/mol. The number of hydrogen-bond donors (Lipinski definition) is 0. The SMILES string of the molecule is CC(C)(C)C1CCc2nc3ccc(Cl)cc3c(-c3ccccc3Cl)c2C1.Cl. The predicted octanol–water partition coefficient (Wildman–Crippen LogP) is 7.78. The Kier molecular flexibility index (Phi) is 5.77. The second kappa shape index (κ2) is 7.62. The molecular weight excluding hydrogens is 397 g/mol. The highest BCUT2D eigenvalue weighted by molar-refractivity contribution is 6.34. The highest BCUT2D eigenvalue weighted by atomic mass is 35.5. The summed E-state index contributed by atoms with van der Waals surface area (Å²) in [7, 11) is 0. The second-order valence-corrected chi connectivity index (χ2v) is 9.20. The molecule has 27 heavy (non-hydrogen) atoms. The van der Waals surface area contributed by atoms with Crippen molar-refractivity contribution < 1.29 is 0 Å². The van der Waals surface area contributed by atoms with E-state index in [2.05, 4.69) is 32.9 Å². The first-order valence-electron chi connectivity index (χ1n) is 9.20. The first-order chi connectivity index (χ1) is 12.3. The highest BCUT2D eigenvalue weighted by Crippen LogP contribution is 2.44. The number of benzene rings is 2. The van der Waals surface area contributed by atoms with Gasteiger partial charge in [0.15, 0.2) is 0 Å². The molecule has 1 unspecified atom stereocenters. The Morgan fingerprint density at radius 1 is 1.04 bits per heavy atom. The summed E-state index contributed by atoms with van der Waals surface area (Å²) in [6.45, 7) is 7.01. The average molecular weight is 421 g/mol. The van der Waals surface area contributed by atoms with E-state index in [4.69, 9.17) is 28.2 Å². The molecule has 4 heteroatoms.